The van der Waals surface area contributed by atoms with Crippen LogP contribution in [0.2, 0.25) is 0 Å². The highest BCUT2D eigenvalue weighted by Gasteiger charge is 2.32. The molecule has 1 aromatic heterocycles. The van der Waals surface area contributed by atoms with E-state index < -0.39 is 5.60 Å². The van der Waals surface area contributed by atoms with Crippen LogP contribution < -0.4 is 4.74 Å². The number of nitrogens with zero attached hydrogens (tertiary/aromatic N) is 1. The second kappa shape index (κ2) is 9.36. The lowest BCUT2D eigenvalue weighted by Gasteiger charge is -2.32. The van der Waals surface area contributed by atoms with Crippen molar-refractivity contribution in [3.05, 3.63) is 89.9 Å². The van der Waals surface area contributed by atoms with Crippen molar-refractivity contribution < 1.29 is 23.7 Å². The van der Waals surface area contributed by atoms with E-state index in [1.165, 1.54) is 0 Å². The third-order valence-corrected chi connectivity index (χ3v) is 7.16. The molecule has 1 saturated heterocycles. The Morgan fingerprint density at radius 1 is 0.973 bits per heavy atom. The first kappa shape index (κ1) is 23.8. The predicted molar refractivity (Wildman–Crippen MR) is 143 cm³/mol. The third-order valence-electron chi connectivity index (χ3n) is 7.16. The van der Waals surface area contributed by atoms with E-state index in [2.05, 4.69) is 38.1 Å². The SMILES string of the molecule is CC1(C)COC(c2cc(-c3ccoc3)c3cc(OCc4cccc(C5(O)CCOCC5)c4)ccc3c2)=N1. The van der Waals surface area contributed by atoms with Crippen LogP contribution in [0.1, 0.15) is 43.4 Å². The Hall–Kier alpha value is -3.61. The van der Waals surface area contributed by atoms with Gasteiger partial charge in [-0.25, -0.2) is 4.99 Å². The monoisotopic (exact) mass is 497 g/mol. The van der Waals surface area contributed by atoms with E-state index in [1.54, 1.807) is 12.5 Å². The smallest absolute Gasteiger partial charge is 0.216 e. The summed E-state index contributed by atoms with van der Waals surface area (Å²) in [7, 11) is 0. The molecule has 0 amide bonds. The number of fused-ring (bicyclic) bond motifs is 1. The zero-order valence-corrected chi connectivity index (χ0v) is 21.2. The lowest BCUT2D eigenvalue weighted by molar-refractivity contribution is -0.0679. The molecule has 37 heavy (non-hydrogen) atoms. The van der Waals surface area contributed by atoms with Crippen LogP contribution in [0.4, 0.5) is 0 Å². The highest BCUT2D eigenvalue weighted by atomic mass is 16.5. The van der Waals surface area contributed by atoms with Crippen LogP contribution in [0, 0.1) is 0 Å². The van der Waals surface area contributed by atoms with Gasteiger partial charge in [0, 0.05) is 37.2 Å². The van der Waals surface area contributed by atoms with Crippen molar-refractivity contribution in [2.45, 2.75) is 44.4 Å². The Morgan fingerprint density at radius 2 is 1.84 bits per heavy atom. The van der Waals surface area contributed by atoms with E-state index in [1.807, 2.05) is 36.4 Å². The molecule has 3 heterocycles. The van der Waals surface area contributed by atoms with Crippen molar-refractivity contribution in [1.29, 1.82) is 0 Å². The van der Waals surface area contributed by atoms with Crippen LogP contribution in [0.25, 0.3) is 21.9 Å². The van der Waals surface area contributed by atoms with Gasteiger partial charge in [0.25, 0.3) is 0 Å². The first-order valence-corrected chi connectivity index (χ1v) is 12.7. The summed E-state index contributed by atoms with van der Waals surface area (Å²) in [5.74, 6) is 1.44. The number of hydrogen-bond acceptors (Lipinski definition) is 6. The van der Waals surface area contributed by atoms with Gasteiger partial charge in [-0.15, -0.1) is 0 Å². The minimum atomic E-state index is -0.836. The number of furan rings is 1. The first-order chi connectivity index (χ1) is 17.9. The zero-order chi connectivity index (χ0) is 25.5. The maximum atomic E-state index is 11.1. The van der Waals surface area contributed by atoms with Crippen LogP contribution in [-0.4, -0.2) is 36.4 Å². The quantitative estimate of drug-likeness (QED) is 0.342. The van der Waals surface area contributed by atoms with Crippen molar-refractivity contribution in [3.8, 4) is 16.9 Å². The van der Waals surface area contributed by atoms with Crippen LogP contribution in [0.5, 0.6) is 5.75 Å². The minimum absolute atomic E-state index is 0.227. The standard InChI is InChI=1S/C31H31NO5/c1-30(2)20-37-29(32-30)24-15-22-6-7-26(17-28(22)27(16-24)23-8-11-35-19-23)36-18-21-4-3-5-25(14-21)31(33)9-12-34-13-10-31/h3-8,11,14-17,19,33H,9-10,12-13,18,20H2,1-2H3. The summed E-state index contributed by atoms with van der Waals surface area (Å²) in [6.07, 6.45) is 4.64. The Balaban J connectivity index is 1.29. The van der Waals surface area contributed by atoms with Crippen LogP contribution >= 0.6 is 0 Å². The first-order valence-electron chi connectivity index (χ1n) is 12.7. The lowest BCUT2D eigenvalue weighted by atomic mass is 9.86. The van der Waals surface area contributed by atoms with E-state index in [-0.39, 0.29) is 5.54 Å². The molecule has 0 unspecified atom stereocenters. The van der Waals surface area contributed by atoms with Crippen molar-refractivity contribution in [2.24, 2.45) is 4.99 Å². The fraction of sp³-hybridized carbons (Fsp3) is 0.323. The average Bonchev–Trinajstić information content (AvgIpc) is 3.57. The molecular weight excluding hydrogens is 466 g/mol. The van der Waals surface area contributed by atoms with Crippen molar-refractivity contribution in [3.63, 3.8) is 0 Å². The van der Waals surface area contributed by atoms with E-state index in [9.17, 15) is 5.11 Å². The van der Waals surface area contributed by atoms with Crippen molar-refractivity contribution in [2.75, 3.05) is 19.8 Å². The molecule has 0 spiro atoms. The molecule has 1 N–H and O–H groups in total. The number of rotatable bonds is 6. The van der Waals surface area contributed by atoms with E-state index in [4.69, 9.17) is 23.6 Å². The number of aliphatic hydroxyl groups is 1. The fourth-order valence-electron chi connectivity index (χ4n) is 5.05. The summed E-state index contributed by atoms with van der Waals surface area (Å²) >= 11 is 0. The second-order valence-electron chi connectivity index (χ2n) is 10.6. The second-order valence-corrected chi connectivity index (χ2v) is 10.6. The molecule has 0 aliphatic carbocycles. The maximum absolute atomic E-state index is 11.1. The van der Waals surface area contributed by atoms with E-state index in [0.29, 0.717) is 45.2 Å². The zero-order valence-electron chi connectivity index (χ0n) is 21.2. The number of aliphatic imine (C=N–C) groups is 1. The fourth-order valence-corrected chi connectivity index (χ4v) is 5.05. The summed E-state index contributed by atoms with van der Waals surface area (Å²) in [5.41, 5.74) is 3.84. The molecule has 2 aliphatic heterocycles. The van der Waals surface area contributed by atoms with Crippen LogP contribution in [-0.2, 0) is 21.7 Å². The van der Waals surface area contributed by atoms with Gasteiger partial charge in [0.2, 0.25) is 5.90 Å². The van der Waals surface area contributed by atoms with Gasteiger partial charge >= 0.3 is 0 Å². The van der Waals surface area contributed by atoms with Gasteiger partial charge in [-0.1, -0.05) is 24.3 Å². The molecule has 0 radical (unpaired) electrons. The van der Waals surface area contributed by atoms with Crippen molar-refractivity contribution >= 4 is 16.7 Å². The van der Waals surface area contributed by atoms with Gasteiger partial charge in [0.05, 0.1) is 23.7 Å². The summed E-state index contributed by atoms with van der Waals surface area (Å²) in [4.78, 5) is 4.77. The molecule has 1 fully saturated rings. The third kappa shape index (κ3) is 4.87. The highest BCUT2D eigenvalue weighted by molar-refractivity contribution is 6.05. The number of ether oxygens (including phenoxy) is 3. The molecule has 4 aromatic rings. The molecule has 6 nitrogen and oxygen atoms in total. The minimum Gasteiger partial charge on any atom is -0.489 e. The molecule has 0 atom stereocenters. The Kier molecular flexibility index (Phi) is 6.01. The summed E-state index contributed by atoms with van der Waals surface area (Å²) < 4.78 is 23.0. The molecular formula is C31H31NO5. The Morgan fingerprint density at radius 3 is 2.59 bits per heavy atom. The topological polar surface area (TPSA) is 73.4 Å². The lowest BCUT2D eigenvalue weighted by Crippen LogP contribution is -2.33. The number of hydrogen-bond donors (Lipinski definition) is 1. The summed E-state index contributed by atoms with van der Waals surface area (Å²) in [6, 6.07) is 20.3. The van der Waals surface area contributed by atoms with Crippen molar-refractivity contribution in [1.82, 2.24) is 0 Å². The largest absolute Gasteiger partial charge is 0.489 e. The van der Waals surface area contributed by atoms with Gasteiger partial charge in [0.15, 0.2) is 0 Å². The number of benzene rings is 3. The highest BCUT2D eigenvalue weighted by Crippen LogP contribution is 2.35. The van der Waals surface area contributed by atoms with Gasteiger partial charge < -0.3 is 23.7 Å². The van der Waals surface area contributed by atoms with Crippen LogP contribution in [0.15, 0.2) is 82.6 Å². The molecule has 0 bridgehead atoms. The Labute approximate surface area is 216 Å². The molecule has 0 saturated carbocycles. The van der Waals surface area contributed by atoms with Gasteiger partial charge in [-0.2, -0.15) is 0 Å². The van der Waals surface area contributed by atoms with Crippen LogP contribution in [0.3, 0.4) is 0 Å². The van der Waals surface area contributed by atoms with E-state index in [0.717, 1.165) is 44.3 Å². The Bertz CT molecular complexity index is 1450. The maximum Gasteiger partial charge on any atom is 0.216 e. The van der Waals surface area contributed by atoms with Gasteiger partial charge in [0.1, 0.15) is 19.0 Å². The predicted octanol–water partition coefficient (Wildman–Crippen LogP) is 6.23. The summed E-state index contributed by atoms with van der Waals surface area (Å²) in [6.45, 7) is 6.27. The molecule has 3 aromatic carbocycles. The molecule has 6 rings (SSSR count). The molecule has 6 heteroatoms. The normalized spacial score (nSPS) is 18.4. The van der Waals surface area contributed by atoms with E-state index >= 15 is 0 Å². The average molecular weight is 498 g/mol. The molecule has 190 valence electrons. The summed E-state index contributed by atoms with van der Waals surface area (Å²) in [5, 5.41) is 13.2. The molecule has 2 aliphatic rings. The van der Waals surface area contributed by atoms with Gasteiger partial charge in [-0.05, 0) is 77.7 Å². The van der Waals surface area contributed by atoms with Gasteiger partial charge in [-0.3, -0.25) is 0 Å².